The number of carbonyl (C=O) groups excluding carboxylic acids is 2. The van der Waals surface area contributed by atoms with E-state index in [0.717, 1.165) is 36.5 Å². The zero-order valence-corrected chi connectivity index (χ0v) is 20.1. The molecule has 0 aliphatic carbocycles. The lowest BCUT2D eigenvalue weighted by Crippen LogP contribution is -2.30. The minimum atomic E-state index is -0.482. The summed E-state index contributed by atoms with van der Waals surface area (Å²) in [5.41, 5.74) is 8.25. The number of benzene rings is 1. The number of amides is 1. The van der Waals surface area contributed by atoms with E-state index in [0.29, 0.717) is 15.7 Å². The van der Waals surface area contributed by atoms with E-state index < -0.39 is 11.2 Å². The van der Waals surface area contributed by atoms with Crippen LogP contribution in [-0.2, 0) is 29.0 Å². The molecule has 9 nitrogen and oxygen atoms in total. The second-order valence-electron chi connectivity index (χ2n) is 7.63. The Labute approximate surface area is 200 Å². The monoisotopic (exact) mass is 486 g/mol. The molecule has 0 saturated heterocycles. The first-order chi connectivity index (χ1) is 15.9. The van der Waals surface area contributed by atoms with Crippen LogP contribution >= 0.6 is 23.1 Å². The number of thioether (sulfide) groups is 1. The molecule has 33 heavy (non-hydrogen) atoms. The van der Waals surface area contributed by atoms with Crippen molar-refractivity contribution in [2.45, 2.75) is 43.8 Å². The van der Waals surface area contributed by atoms with E-state index in [-0.39, 0.29) is 18.5 Å². The zero-order chi connectivity index (χ0) is 23.4. The van der Waals surface area contributed by atoms with Crippen LogP contribution in [0.25, 0.3) is 0 Å². The lowest BCUT2D eigenvalue weighted by molar-refractivity contribution is -0.115. The molecular weight excluding hydrogens is 460 g/mol. The number of H-pyrrole nitrogens is 1. The van der Waals surface area contributed by atoms with Gasteiger partial charge in [-0.2, -0.15) is 4.98 Å². The molecule has 2 aromatic heterocycles. The first kappa shape index (κ1) is 23.3. The fourth-order valence-electron chi connectivity index (χ4n) is 3.68. The topological polar surface area (TPSA) is 126 Å². The van der Waals surface area contributed by atoms with Gasteiger partial charge in [0.1, 0.15) is 5.00 Å². The molecule has 0 bridgehead atoms. The van der Waals surface area contributed by atoms with Crippen LogP contribution in [0.3, 0.4) is 0 Å². The molecule has 3 heterocycles. The van der Waals surface area contributed by atoms with Gasteiger partial charge < -0.3 is 15.8 Å². The highest BCUT2D eigenvalue weighted by molar-refractivity contribution is 8.00. The Morgan fingerprint density at radius 2 is 2.15 bits per heavy atom. The quantitative estimate of drug-likeness (QED) is 0.327. The Morgan fingerprint density at radius 1 is 1.36 bits per heavy atom. The minimum absolute atomic E-state index is 0.195. The highest BCUT2D eigenvalue weighted by Crippen LogP contribution is 2.38. The zero-order valence-electron chi connectivity index (χ0n) is 18.5. The van der Waals surface area contributed by atoms with Crippen LogP contribution in [0.2, 0.25) is 0 Å². The highest BCUT2D eigenvalue weighted by Gasteiger charge is 2.30. The lowest BCUT2D eigenvalue weighted by atomic mass is 10.0. The van der Waals surface area contributed by atoms with Crippen LogP contribution in [0.15, 0.2) is 35.5 Å². The second-order valence-corrected chi connectivity index (χ2v) is 10.0. The predicted molar refractivity (Wildman–Crippen MR) is 129 cm³/mol. The summed E-state index contributed by atoms with van der Waals surface area (Å²) >= 11 is 2.63. The van der Waals surface area contributed by atoms with Crippen LogP contribution in [0.1, 0.15) is 40.2 Å². The van der Waals surface area contributed by atoms with Crippen LogP contribution < -0.4 is 11.1 Å². The molecule has 0 spiro atoms. The van der Waals surface area contributed by atoms with Crippen molar-refractivity contribution in [1.82, 2.24) is 20.1 Å². The average molecular weight is 487 g/mol. The Balaban J connectivity index is 1.52. The number of anilines is 2. The van der Waals surface area contributed by atoms with Gasteiger partial charge in [-0.05, 0) is 31.4 Å². The Hall–Kier alpha value is -2.89. The van der Waals surface area contributed by atoms with Crippen molar-refractivity contribution in [3.63, 3.8) is 0 Å². The molecule has 0 saturated carbocycles. The summed E-state index contributed by atoms with van der Waals surface area (Å²) in [5.74, 6) is -0.446. The van der Waals surface area contributed by atoms with Crippen molar-refractivity contribution >= 4 is 45.9 Å². The van der Waals surface area contributed by atoms with Crippen molar-refractivity contribution in [3.05, 3.63) is 51.9 Å². The van der Waals surface area contributed by atoms with Crippen molar-refractivity contribution in [2.24, 2.45) is 0 Å². The van der Waals surface area contributed by atoms with Gasteiger partial charge in [0.15, 0.2) is 0 Å². The molecular formula is C22H26N6O3S2. The molecule has 3 aromatic rings. The van der Waals surface area contributed by atoms with Crippen LogP contribution in [-0.4, -0.2) is 50.4 Å². The third-order valence-electron chi connectivity index (χ3n) is 5.23. The molecule has 1 aliphatic heterocycles. The summed E-state index contributed by atoms with van der Waals surface area (Å²) in [4.78, 5) is 33.1. The third-order valence-corrected chi connectivity index (χ3v) is 7.33. The Bertz CT molecular complexity index is 1130. The summed E-state index contributed by atoms with van der Waals surface area (Å²) < 4.78 is 5.32. The maximum Gasteiger partial charge on any atom is 0.341 e. The van der Waals surface area contributed by atoms with E-state index >= 15 is 0 Å². The van der Waals surface area contributed by atoms with Crippen LogP contribution in [0.5, 0.6) is 0 Å². The highest BCUT2D eigenvalue weighted by atomic mass is 32.2. The summed E-state index contributed by atoms with van der Waals surface area (Å²) in [6.45, 7) is 6.19. The van der Waals surface area contributed by atoms with E-state index in [2.05, 4.69) is 37.5 Å². The molecule has 1 aliphatic rings. The largest absolute Gasteiger partial charge is 0.462 e. The van der Waals surface area contributed by atoms with Gasteiger partial charge in [0.2, 0.25) is 17.0 Å². The van der Waals surface area contributed by atoms with Crippen molar-refractivity contribution < 1.29 is 14.3 Å². The SMILES string of the molecule is CCOC(=O)c1c(NC(=O)C(C)Sc2n[nH]c(N)n2)sc2c1CCN(Cc1ccccc1)C2. The number of ether oxygens (including phenoxy) is 1. The number of aromatic nitrogens is 3. The van der Waals surface area contributed by atoms with Crippen molar-refractivity contribution in [1.29, 1.82) is 0 Å². The maximum atomic E-state index is 12.9. The van der Waals surface area contributed by atoms with Crippen molar-refractivity contribution in [2.75, 3.05) is 24.2 Å². The lowest BCUT2D eigenvalue weighted by Gasteiger charge is -2.27. The number of nitrogens with two attached hydrogens (primary N) is 1. The fourth-order valence-corrected chi connectivity index (χ4v) is 5.69. The number of nitrogen functional groups attached to an aromatic ring is 1. The normalized spacial score (nSPS) is 14.5. The standard InChI is InChI=1S/C22H26N6O3S2/c1-3-31-20(30)17-15-9-10-28(11-14-7-5-4-6-8-14)12-16(15)33-19(17)24-18(29)13(2)32-22-25-21(23)26-27-22/h4-8,13H,3,9-12H2,1-2H3,(H,24,29)(H3,23,25,26,27). The summed E-state index contributed by atoms with van der Waals surface area (Å²) in [7, 11) is 0. The van der Waals surface area contributed by atoms with Gasteiger partial charge in [-0.25, -0.2) is 9.89 Å². The van der Waals surface area contributed by atoms with Gasteiger partial charge in [-0.15, -0.1) is 16.4 Å². The van der Waals surface area contributed by atoms with Crippen molar-refractivity contribution in [3.8, 4) is 0 Å². The van der Waals surface area contributed by atoms with Gasteiger partial charge >= 0.3 is 5.97 Å². The molecule has 4 N–H and O–H groups in total. The molecule has 0 radical (unpaired) electrons. The summed E-state index contributed by atoms with van der Waals surface area (Å²) in [5, 5.41) is 9.90. The average Bonchev–Trinajstić information content (AvgIpc) is 3.36. The number of esters is 1. The summed E-state index contributed by atoms with van der Waals surface area (Å²) in [6, 6.07) is 10.3. The van der Waals surface area contributed by atoms with E-state index in [9.17, 15) is 9.59 Å². The third kappa shape index (κ3) is 5.55. The fraction of sp³-hybridized carbons (Fsp3) is 0.364. The first-order valence-electron chi connectivity index (χ1n) is 10.7. The van der Waals surface area contributed by atoms with E-state index in [1.807, 2.05) is 18.2 Å². The smallest absolute Gasteiger partial charge is 0.341 e. The Morgan fingerprint density at radius 3 is 2.85 bits per heavy atom. The van der Waals surface area contributed by atoms with E-state index in [1.54, 1.807) is 13.8 Å². The molecule has 1 atom stereocenters. The van der Waals surface area contributed by atoms with E-state index in [1.165, 1.54) is 28.7 Å². The van der Waals surface area contributed by atoms with Gasteiger partial charge in [0, 0.05) is 24.5 Å². The Kier molecular flexibility index (Phi) is 7.31. The molecule has 0 fully saturated rings. The molecule has 174 valence electrons. The molecule has 1 unspecified atom stereocenters. The minimum Gasteiger partial charge on any atom is -0.462 e. The van der Waals surface area contributed by atoms with Gasteiger partial charge in [0.05, 0.1) is 17.4 Å². The molecule has 1 amide bonds. The summed E-state index contributed by atoms with van der Waals surface area (Å²) in [6.07, 6.45) is 0.726. The number of rotatable bonds is 8. The van der Waals surface area contributed by atoms with Gasteiger partial charge in [-0.3, -0.25) is 9.69 Å². The van der Waals surface area contributed by atoms with Crippen LogP contribution in [0.4, 0.5) is 10.9 Å². The number of thiophene rings is 1. The maximum absolute atomic E-state index is 12.9. The van der Waals surface area contributed by atoms with Gasteiger partial charge in [0.25, 0.3) is 0 Å². The number of nitrogens with zero attached hydrogens (tertiary/aromatic N) is 3. The first-order valence-corrected chi connectivity index (χ1v) is 12.4. The van der Waals surface area contributed by atoms with Gasteiger partial charge in [-0.1, -0.05) is 42.1 Å². The molecule has 1 aromatic carbocycles. The van der Waals surface area contributed by atoms with E-state index in [4.69, 9.17) is 10.5 Å². The molecule has 11 heteroatoms. The number of hydrogen-bond acceptors (Lipinski definition) is 9. The number of fused-ring (bicyclic) bond motifs is 1. The number of carbonyl (C=O) groups is 2. The predicted octanol–water partition coefficient (Wildman–Crippen LogP) is 3.30. The number of aromatic amines is 1. The number of hydrogen-bond donors (Lipinski definition) is 3. The van der Waals surface area contributed by atoms with Crippen LogP contribution in [0, 0.1) is 0 Å². The number of nitrogens with one attached hydrogen (secondary N) is 2. The molecule has 4 rings (SSSR count). The second kappa shape index (κ2) is 10.4.